The van der Waals surface area contributed by atoms with Crippen LogP contribution in [0.25, 0.3) is 0 Å². The number of hydroxylamine groups is 1. The highest BCUT2D eigenvalue weighted by atomic mass is 16.7. The Morgan fingerprint density at radius 3 is 2.60 bits per heavy atom. The second-order valence-corrected chi connectivity index (χ2v) is 3.91. The van der Waals surface area contributed by atoms with Crippen molar-refractivity contribution in [2.75, 3.05) is 20.4 Å². The summed E-state index contributed by atoms with van der Waals surface area (Å²) in [5.74, 6) is -0.612. The summed E-state index contributed by atoms with van der Waals surface area (Å²) in [7, 11) is 1.17. The van der Waals surface area contributed by atoms with Gasteiger partial charge in [0.25, 0.3) is 0 Å². The number of aliphatic imine (C=N–C) groups is 1. The number of amidine groups is 1. The maximum atomic E-state index is 11.0. The number of hydrogen-bond acceptors (Lipinski definition) is 7. The lowest BCUT2D eigenvalue weighted by atomic mass is 10.1. The Morgan fingerprint density at radius 2 is 2.05 bits per heavy atom. The number of unbranched alkanes of at least 4 members (excludes halogenated alkanes) is 1. The van der Waals surface area contributed by atoms with Crippen LogP contribution in [0.1, 0.15) is 26.2 Å². The molecule has 9 heteroatoms. The Balaban J connectivity index is 3.86. The molecular weight excluding hydrogens is 270 g/mol. The molecule has 0 bridgehead atoms. The van der Waals surface area contributed by atoms with Crippen molar-refractivity contribution < 1.29 is 29.4 Å². The minimum atomic E-state index is -1.02. The first kappa shape index (κ1) is 18.1. The summed E-state index contributed by atoms with van der Waals surface area (Å²) in [6.07, 6.45) is 0.816. The largest absolute Gasteiger partial charge is 0.509 e. The monoisotopic (exact) mass is 291 g/mol. The van der Waals surface area contributed by atoms with Gasteiger partial charge in [-0.1, -0.05) is 0 Å². The van der Waals surface area contributed by atoms with E-state index >= 15 is 0 Å². The number of hydrogen-bond donors (Lipinski definition) is 4. The van der Waals surface area contributed by atoms with Crippen LogP contribution in [-0.4, -0.2) is 54.7 Å². The molecule has 0 saturated carbocycles. The van der Waals surface area contributed by atoms with Gasteiger partial charge in [0, 0.05) is 6.54 Å². The predicted molar refractivity (Wildman–Crippen MR) is 69.7 cm³/mol. The van der Waals surface area contributed by atoms with Gasteiger partial charge in [-0.2, -0.15) is 0 Å². The van der Waals surface area contributed by atoms with E-state index in [1.165, 1.54) is 7.11 Å². The fraction of sp³-hybridized carbons (Fsp3) is 0.727. The number of carboxylic acids is 1. The first-order chi connectivity index (χ1) is 9.51. The number of aliphatic carboxylic acids is 1. The van der Waals surface area contributed by atoms with Crippen LogP contribution in [0.4, 0.5) is 4.79 Å². The Kier molecular flexibility index (Phi) is 9.97. The zero-order chi connectivity index (χ0) is 15.4. The van der Waals surface area contributed by atoms with E-state index in [0.29, 0.717) is 31.6 Å². The lowest BCUT2D eigenvalue weighted by molar-refractivity contribution is -0.140. The van der Waals surface area contributed by atoms with Crippen LogP contribution >= 0.6 is 0 Å². The third-order valence-electron chi connectivity index (χ3n) is 2.40. The van der Waals surface area contributed by atoms with Gasteiger partial charge in [0.1, 0.15) is 18.6 Å². The number of ether oxygens (including phenoxy) is 2. The van der Waals surface area contributed by atoms with Gasteiger partial charge < -0.3 is 14.6 Å². The maximum Gasteiger partial charge on any atom is 0.509 e. The minimum absolute atomic E-state index is 0.227. The van der Waals surface area contributed by atoms with Gasteiger partial charge in [-0.3, -0.25) is 25.8 Å². The number of rotatable bonds is 9. The van der Waals surface area contributed by atoms with E-state index in [9.17, 15) is 9.59 Å². The standard InChI is InChI=1S/C11H21N3O6/c1-8(14-18)12-6-4-3-5-9(10(15)16)13-7-20-11(17)19-2/h9,13,18H,3-7H2,1-2H3,(H,12,14)(H,15,16)/t9-/m0/s1. The van der Waals surface area contributed by atoms with E-state index in [4.69, 9.17) is 10.3 Å². The summed E-state index contributed by atoms with van der Waals surface area (Å²) in [5.41, 5.74) is 1.91. The van der Waals surface area contributed by atoms with Gasteiger partial charge in [0.2, 0.25) is 0 Å². The molecule has 1 atom stereocenters. The highest BCUT2D eigenvalue weighted by Crippen LogP contribution is 2.02. The van der Waals surface area contributed by atoms with Crippen molar-refractivity contribution in [2.45, 2.75) is 32.2 Å². The van der Waals surface area contributed by atoms with Crippen LogP contribution in [-0.2, 0) is 14.3 Å². The number of methoxy groups -OCH3 is 1. The van der Waals surface area contributed by atoms with Crippen molar-refractivity contribution >= 4 is 18.0 Å². The van der Waals surface area contributed by atoms with Crippen LogP contribution in [0.5, 0.6) is 0 Å². The molecule has 0 aliphatic rings. The van der Waals surface area contributed by atoms with Crippen LogP contribution in [0.15, 0.2) is 4.99 Å². The second-order valence-electron chi connectivity index (χ2n) is 3.91. The lowest BCUT2D eigenvalue weighted by Gasteiger charge is -2.13. The number of nitrogens with zero attached hydrogens (tertiary/aromatic N) is 1. The molecule has 0 amide bonds. The molecule has 0 aliphatic heterocycles. The third kappa shape index (κ3) is 9.11. The number of carbonyl (C=O) groups is 2. The van der Waals surface area contributed by atoms with Crippen LogP contribution in [0.2, 0.25) is 0 Å². The molecule has 0 aromatic carbocycles. The average Bonchev–Trinajstić information content (AvgIpc) is 2.43. The van der Waals surface area contributed by atoms with E-state index in [-0.39, 0.29) is 6.73 Å². The fourth-order valence-electron chi connectivity index (χ4n) is 1.32. The summed E-state index contributed by atoms with van der Waals surface area (Å²) in [4.78, 5) is 25.6. The van der Waals surface area contributed by atoms with Gasteiger partial charge >= 0.3 is 12.1 Å². The van der Waals surface area contributed by atoms with Gasteiger partial charge in [-0.15, -0.1) is 0 Å². The minimum Gasteiger partial charge on any atom is -0.480 e. The Morgan fingerprint density at radius 1 is 1.35 bits per heavy atom. The Labute approximate surface area is 116 Å². The van der Waals surface area contributed by atoms with Crippen molar-refractivity contribution in [1.29, 1.82) is 0 Å². The third-order valence-corrected chi connectivity index (χ3v) is 2.40. The quantitative estimate of drug-likeness (QED) is 0.119. The van der Waals surface area contributed by atoms with E-state index in [2.05, 4.69) is 19.8 Å². The fourth-order valence-corrected chi connectivity index (χ4v) is 1.32. The zero-order valence-electron chi connectivity index (χ0n) is 11.6. The molecule has 0 fully saturated rings. The lowest BCUT2D eigenvalue weighted by Crippen LogP contribution is -2.38. The SMILES string of the molecule is COC(=O)OCN[C@@H](CCCCN=C(C)NO)C(=O)O. The van der Waals surface area contributed by atoms with E-state index in [0.717, 1.165) is 0 Å². The number of carbonyl (C=O) groups excluding carboxylic acids is 1. The summed E-state index contributed by atoms with van der Waals surface area (Å²) in [6, 6.07) is -0.805. The maximum absolute atomic E-state index is 11.0. The molecule has 0 aliphatic carbocycles. The van der Waals surface area contributed by atoms with Crippen molar-refractivity contribution in [2.24, 2.45) is 4.99 Å². The number of nitrogens with one attached hydrogen (secondary N) is 2. The summed E-state index contributed by atoms with van der Waals surface area (Å²) in [6.45, 7) is 1.88. The van der Waals surface area contributed by atoms with Crippen molar-refractivity contribution in [3.63, 3.8) is 0 Å². The topological polar surface area (TPSA) is 129 Å². The Bertz CT molecular complexity index is 334. The van der Waals surface area contributed by atoms with Crippen LogP contribution in [0.3, 0.4) is 0 Å². The smallest absolute Gasteiger partial charge is 0.480 e. The van der Waals surface area contributed by atoms with Crippen molar-refractivity contribution in [3.8, 4) is 0 Å². The molecule has 0 aromatic heterocycles. The molecule has 0 saturated heterocycles. The summed E-state index contributed by atoms with van der Waals surface area (Å²) >= 11 is 0. The van der Waals surface area contributed by atoms with Crippen molar-refractivity contribution in [1.82, 2.24) is 10.8 Å². The molecule has 0 heterocycles. The number of carboxylic acid groups (broad SMARTS) is 1. The molecule has 9 nitrogen and oxygen atoms in total. The average molecular weight is 291 g/mol. The molecule has 0 spiro atoms. The van der Waals surface area contributed by atoms with Gasteiger partial charge in [0.05, 0.1) is 7.11 Å². The first-order valence-corrected chi connectivity index (χ1v) is 6.09. The van der Waals surface area contributed by atoms with Gasteiger partial charge in [-0.05, 0) is 26.2 Å². The van der Waals surface area contributed by atoms with E-state index in [1.807, 2.05) is 5.48 Å². The summed E-state index contributed by atoms with van der Waals surface area (Å²) in [5, 5.41) is 20.1. The van der Waals surface area contributed by atoms with Crippen molar-refractivity contribution in [3.05, 3.63) is 0 Å². The molecule has 20 heavy (non-hydrogen) atoms. The Hall–Kier alpha value is -1.87. The molecule has 0 aromatic rings. The zero-order valence-corrected chi connectivity index (χ0v) is 11.6. The summed E-state index contributed by atoms with van der Waals surface area (Å²) < 4.78 is 8.80. The molecule has 0 radical (unpaired) electrons. The van der Waals surface area contributed by atoms with Gasteiger partial charge in [-0.25, -0.2) is 4.79 Å². The van der Waals surface area contributed by atoms with E-state index < -0.39 is 18.2 Å². The van der Waals surface area contributed by atoms with Crippen LogP contribution < -0.4 is 10.8 Å². The normalized spacial score (nSPS) is 12.7. The molecule has 0 rings (SSSR count). The van der Waals surface area contributed by atoms with Crippen LogP contribution in [0, 0.1) is 0 Å². The molecule has 0 unspecified atom stereocenters. The molecular formula is C11H21N3O6. The first-order valence-electron chi connectivity index (χ1n) is 6.09. The molecule has 116 valence electrons. The molecule has 4 N–H and O–H groups in total. The van der Waals surface area contributed by atoms with E-state index in [1.54, 1.807) is 6.92 Å². The predicted octanol–water partition coefficient (Wildman–Crippen LogP) is 0.337. The highest BCUT2D eigenvalue weighted by Gasteiger charge is 2.16. The second kappa shape index (κ2) is 11.0. The van der Waals surface area contributed by atoms with Gasteiger partial charge in [0.15, 0.2) is 0 Å². The highest BCUT2D eigenvalue weighted by molar-refractivity contribution is 5.78.